The monoisotopic (exact) mass is 319 g/mol. The highest BCUT2D eigenvalue weighted by atomic mass is 19.4. The molecule has 0 aromatic heterocycles. The number of benzene rings is 1. The van der Waals surface area contributed by atoms with Gasteiger partial charge in [0.1, 0.15) is 0 Å². The SMILES string of the molecule is COc1ccc(CC(N)C(C(F)(F)F)C(F)(F)F)cc1F. The molecule has 0 aliphatic carbocycles. The van der Waals surface area contributed by atoms with Crippen molar-refractivity contribution in [3.63, 3.8) is 0 Å². The molecule has 0 heterocycles. The first-order valence-corrected chi connectivity index (χ1v) is 5.68. The fraction of sp³-hybridized carbons (Fsp3) is 0.500. The predicted molar refractivity (Wildman–Crippen MR) is 60.2 cm³/mol. The quantitative estimate of drug-likeness (QED) is 0.863. The van der Waals surface area contributed by atoms with Gasteiger partial charge in [-0.15, -0.1) is 0 Å². The number of alkyl halides is 6. The Hall–Kier alpha value is -1.51. The fourth-order valence-corrected chi connectivity index (χ4v) is 1.90. The molecule has 1 rings (SSSR count). The third-order valence-corrected chi connectivity index (χ3v) is 2.82. The van der Waals surface area contributed by atoms with E-state index in [1.807, 2.05) is 0 Å². The summed E-state index contributed by atoms with van der Waals surface area (Å²) in [6.07, 6.45) is -11.8. The second-order valence-corrected chi connectivity index (χ2v) is 4.40. The maximum atomic E-state index is 13.4. The third kappa shape index (κ3) is 4.48. The van der Waals surface area contributed by atoms with Gasteiger partial charge >= 0.3 is 12.4 Å². The summed E-state index contributed by atoms with van der Waals surface area (Å²) in [5, 5.41) is 0. The minimum atomic E-state index is -5.53. The summed E-state index contributed by atoms with van der Waals surface area (Å²) in [4.78, 5) is 0. The Labute approximate surface area is 115 Å². The van der Waals surface area contributed by atoms with E-state index in [1.165, 1.54) is 7.11 Å². The molecule has 0 bridgehead atoms. The molecule has 1 aromatic rings. The molecular weight excluding hydrogens is 307 g/mol. The van der Waals surface area contributed by atoms with Crippen LogP contribution in [0.4, 0.5) is 30.7 Å². The lowest BCUT2D eigenvalue weighted by atomic mass is 9.93. The molecule has 120 valence electrons. The van der Waals surface area contributed by atoms with E-state index in [4.69, 9.17) is 5.73 Å². The predicted octanol–water partition coefficient (Wildman–Crippen LogP) is 3.44. The molecule has 0 aliphatic heterocycles. The lowest BCUT2D eigenvalue weighted by Crippen LogP contribution is -2.49. The number of halogens is 7. The summed E-state index contributed by atoms with van der Waals surface area (Å²) in [7, 11) is 1.17. The average Bonchev–Trinajstić information content (AvgIpc) is 2.24. The Kier molecular flexibility index (Phi) is 5.08. The van der Waals surface area contributed by atoms with Gasteiger partial charge in [0.15, 0.2) is 17.5 Å². The zero-order valence-corrected chi connectivity index (χ0v) is 10.7. The van der Waals surface area contributed by atoms with E-state index in [0.29, 0.717) is 0 Å². The molecule has 1 aromatic carbocycles. The van der Waals surface area contributed by atoms with Crippen molar-refractivity contribution in [2.24, 2.45) is 11.7 Å². The van der Waals surface area contributed by atoms with Crippen LogP contribution in [-0.2, 0) is 6.42 Å². The summed E-state index contributed by atoms with van der Waals surface area (Å²) in [5.74, 6) is -4.73. The number of methoxy groups -OCH3 is 1. The molecule has 0 saturated carbocycles. The van der Waals surface area contributed by atoms with Gasteiger partial charge in [-0.25, -0.2) is 4.39 Å². The normalized spacial score (nSPS) is 14.4. The van der Waals surface area contributed by atoms with Crippen molar-refractivity contribution in [2.45, 2.75) is 24.8 Å². The maximum Gasteiger partial charge on any atom is 0.402 e. The van der Waals surface area contributed by atoms with Crippen LogP contribution in [-0.4, -0.2) is 25.5 Å². The first kappa shape index (κ1) is 17.5. The molecule has 1 atom stereocenters. The smallest absolute Gasteiger partial charge is 0.402 e. The minimum Gasteiger partial charge on any atom is -0.494 e. The van der Waals surface area contributed by atoms with Crippen LogP contribution in [0.25, 0.3) is 0 Å². The van der Waals surface area contributed by atoms with Crippen LogP contribution < -0.4 is 10.5 Å². The molecule has 2 N–H and O–H groups in total. The molecule has 2 nitrogen and oxygen atoms in total. The van der Waals surface area contributed by atoms with Gasteiger partial charge in [-0.1, -0.05) is 6.07 Å². The van der Waals surface area contributed by atoms with Gasteiger partial charge in [0.25, 0.3) is 0 Å². The van der Waals surface area contributed by atoms with Crippen LogP contribution in [0, 0.1) is 11.7 Å². The highest BCUT2D eigenvalue weighted by molar-refractivity contribution is 5.29. The first-order chi connectivity index (χ1) is 9.46. The Morgan fingerprint density at radius 1 is 1.10 bits per heavy atom. The number of hydrogen-bond acceptors (Lipinski definition) is 2. The van der Waals surface area contributed by atoms with Gasteiger partial charge in [-0.3, -0.25) is 0 Å². The molecule has 21 heavy (non-hydrogen) atoms. The van der Waals surface area contributed by atoms with E-state index in [-0.39, 0.29) is 11.3 Å². The molecule has 0 aliphatic rings. The largest absolute Gasteiger partial charge is 0.494 e. The summed E-state index contributed by atoms with van der Waals surface area (Å²) in [5.41, 5.74) is 4.97. The average molecular weight is 319 g/mol. The topological polar surface area (TPSA) is 35.2 Å². The number of hydrogen-bond donors (Lipinski definition) is 1. The summed E-state index contributed by atoms with van der Waals surface area (Å²) in [6, 6.07) is 0.791. The minimum absolute atomic E-state index is 0.0840. The summed E-state index contributed by atoms with van der Waals surface area (Å²) >= 11 is 0. The molecular formula is C12H12F7NO. The van der Waals surface area contributed by atoms with Crippen molar-refractivity contribution in [1.82, 2.24) is 0 Å². The zero-order chi connectivity index (χ0) is 16.4. The second-order valence-electron chi connectivity index (χ2n) is 4.40. The van der Waals surface area contributed by atoms with Gasteiger partial charge in [0.2, 0.25) is 0 Å². The fourth-order valence-electron chi connectivity index (χ4n) is 1.90. The van der Waals surface area contributed by atoms with E-state index in [0.717, 1.165) is 18.2 Å². The standard InChI is InChI=1S/C12H12F7NO/c1-21-9-3-2-6(4-7(9)13)5-8(20)10(11(14,15)16)12(17,18)19/h2-4,8,10H,5,20H2,1H3. The van der Waals surface area contributed by atoms with Crippen LogP contribution in [0.2, 0.25) is 0 Å². The molecule has 0 spiro atoms. The number of ether oxygens (including phenoxy) is 1. The molecule has 0 saturated heterocycles. The van der Waals surface area contributed by atoms with E-state index >= 15 is 0 Å². The van der Waals surface area contributed by atoms with E-state index in [9.17, 15) is 30.7 Å². The van der Waals surface area contributed by atoms with Crippen molar-refractivity contribution < 1.29 is 35.5 Å². The first-order valence-electron chi connectivity index (χ1n) is 5.68. The van der Waals surface area contributed by atoms with Crippen molar-refractivity contribution in [3.8, 4) is 5.75 Å². The van der Waals surface area contributed by atoms with Gasteiger partial charge in [0.05, 0.1) is 7.11 Å². The van der Waals surface area contributed by atoms with Gasteiger partial charge < -0.3 is 10.5 Å². The van der Waals surface area contributed by atoms with Crippen LogP contribution in [0.15, 0.2) is 18.2 Å². The van der Waals surface area contributed by atoms with Gasteiger partial charge in [-0.2, -0.15) is 26.3 Å². The molecule has 9 heteroatoms. The Bertz CT molecular complexity index is 469. The van der Waals surface area contributed by atoms with Crippen LogP contribution in [0.1, 0.15) is 5.56 Å². The van der Waals surface area contributed by atoms with Crippen molar-refractivity contribution in [3.05, 3.63) is 29.6 Å². The van der Waals surface area contributed by atoms with Crippen LogP contribution in [0.3, 0.4) is 0 Å². The Morgan fingerprint density at radius 2 is 1.62 bits per heavy atom. The lowest BCUT2D eigenvalue weighted by molar-refractivity contribution is -0.289. The summed E-state index contributed by atoms with van der Waals surface area (Å²) in [6.45, 7) is 0. The number of nitrogens with two attached hydrogens (primary N) is 1. The van der Waals surface area contributed by atoms with Crippen molar-refractivity contribution >= 4 is 0 Å². The van der Waals surface area contributed by atoms with Crippen molar-refractivity contribution in [1.29, 1.82) is 0 Å². The highest BCUT2D eigenvalue weighted by Crippen LogP contribution is 2.41. The maximum absolute atomic E-state index is 13.4. The highest BCUT2D eigenvalue weighted by Gasteiger charge is 2.59. The molecule has 1 unspecified atom stereocenters. The van der Waals surface area contributed by atoms with Gasteiger partial charge in [-0.05, 0) is 24.1 Å². The second kappa shape index (κ2) is 6.08. The van der Waals surface area contributed by atoms with Crippen LogP contribution in [0.5, 0.6) is 5.75 Å². The third-order valence-electron chi connectivity index (χ3n) is 2.82. The van der Waals surface area contributed by atoms with E-state index in [2.05, 4.69) is 4.74 Å². The lowest BCUT2D eigenvalue weighted by Gasteiger charge is -2.28. The molecule has 0 radical (unpaired) electrons. The zero-order valence-electron chi connectivity index (χ0n) is 10.7. The Balaban J connectivity index is 2.97. The van der Waals surface area contributed by atoms with E-state index in [1.54, 1.807) is 0 Å². The van der Waals surface area contributed by atoms with Crippen LogP contribution >= 0.6 is 0 Å². The molecule has 0 amide bonds. The van der Waals surface area contributed by atoms with Crippen molar-refractivity contribution in [2.75, 3.05) is 7.11 Å². The number of rotatable bonds is 4. The Morgan fingerprint density at radius 3 is 2.00 bits per heavy atom. The van der Waals surface area contributed by atoms with E-state index < -0.39 is 36.6 Å². The molecule has 0 fully saturated rings. The van der Waals surface area contributed by atoms with Gasteiger partial charge in [0, 0.05) is 6.04 Å². The summed E-state index contributed by atoms with van der Waals surface area (Å²) < 4.78 is 92.8.